The van der Waals surface area contributed by atoms with Crippen LogP contribution in [0, 0.1) is 19.8 Å². The van der Waals surface area contributed by atoms with E-state index >= 15 is 0 Å². The molecule has 170 valence electrons. The van der Waals surface area contributed by atoms with E-state index in [9.17, 15) is 14.4 Å². The van der Waals surface area contributed by atoms with E-state index in [1.165, 1.54) is 15.5 Å². The van der Waals surface area contributed by atoms with Crippen LogP contribution in [0.15, 0.2) is 64.4 Å². The summed E-state index contributed by atoms with van der Waals surface area (Å²) in [6, 6.07) is 14.8. The lowest BCUT2D eigenvalue weighted by atomic mass is 10.1. The number of Topliss-reactive ketones (excluding diaryl/α,β-unsaturated/α-hetero) is 1. The van der Waals surface area contributed by atoms with Gasteiger partial charge in [0, 0.05) is 12.1 Å². The van der Waals surface area contributed by atoms with E-state index in [0.29, 0.717) is 30.1 Å². The second-order valence-corrected chi connectivity index (χ2v) is 8.88. The van der Waals surface area contributed by atoms with E-state index in [2.05, 4.69) is 4.98 Å². The first-order chi connectivity index (χ1) is 15.8. The Morgan fingerprint density at radius 1 is 1.00 bits per heavy atom. The van der Waals surface area contributed by atoms with Crippen LogP contribution >= 0.6 is 0 Å². The average Bonchev–Trinajstić information content (AvgIpc) is 3.18. The first-order valence-electron chi connectivity index (χ1n) is 11.1. The van der Waals surface area contributed by atoms with Crippen LogP contribution in [0.5, 0.6) is 0 Å². The highest BCUT2D eigenvalue weighted by Crippen LogP contribution is 2.17. The van der Waals surface area contributed by atoms with Crippen molar-refractivity contribution in [3.63, 3.8) is 0 Å². The lowest BCUT2D eigenvalue weighted by molar-refractivity contribution is 0.0973. The number of hydrogen-bond donors (Lipinski definition) is 0. The summed E-state index contributed by atoms with van der Waals surface area (Å²) in [6.07, 6.45) is 2.16. The van der Waals surface area contributed by atoms with Gasteiger partial charge in [-0.15, -0.1) is 0 Å². The largest absolute Gasteiger partial charge is 0.337 e. The second-order valence-electron chi connectivity index (χ2n) is 8.88. The number of imidazole rings is 1. The van der Waals surface area contributed by atoms with E-state index < -0.39 is 11.2 Å². The van der Waals surface area contributed by atoms with Crippen LogP contribution in [0.25, 0.3) is 16.9 Å². The molecule has 2 heterocycles. The van der Waals surface area contributed by atoms with Crippen LogP contribution in [-0.4, -0.2) is 24.5 Å². The summed E-state index contributed by atoms with van der Waals surface area (Å²) in [5.74, 6) is 0.197. The molecule has 0 amide bonds. The van der Waals surface area contributed by atoms with Crippen molar-refractivity contribution in [2.24, 2.45) is 5.92 Å². The Morgan fingerprint density at radius 2 is 1.70 bits per heavy atom. The van der Waals surface area contributed by atoms with Crippen LogP contribution in [0.3, 0.4) is 0 Å². The highest BCUT2D eigenvalue weighted by Gasteiger charge is 2.21. The second kappa shape index (κ2) is 9.02. The fourth-order valence-corrected chi connectivity index (χ4v) is 3.90. The Balaban J connectivity index is 1.91. The predicted molar refractivity (Wildman–Crippen MR) is 129 cm³/mol. The van der Waals surface area contributed by atoms with E-state index in [1.807, 2.05) is 64.1 Å². The third kappa shape index (κ3) is 4.31. The first-order valence-corrected chi connectivity index (χ1v) is 11.1. The van der Waals surface area contributed by atoms with Gasteiger partial charge in [0.05, 0.1) is 18.6 Å². The average molecular weight is 445 g/mol. The van der Waals surface area contributed by atoms with Gasteiger partial charge in [0.15, 0.2) is 16.9 Å². The number of hydrogen-bond acceptors (Lipinski definition) is 4. The predicted octanol–water partition coefficient (Wildman–Crippen LogP) is 3.89. The van der Waals surface area contributed by atoms with Gasteiger partial charge in [-0.3, -0.25) is 14.2 Å². The van der Waals surface area contributed by atoms with Crippen LogP contribution in [-0.2, 0) is 13.1 Å². The van der Waals surface area contributed by atoms with Gasteiger partial charge in [-0.25, -0.2) is 14.3 Å². The molecule has 0 saturated heterocycles. The lowest BCUT2D eigenvalue weighted by Crippen LogP contribution is -2.40. The summed E-state index contributed by atoms with van der Waals surface area (Å²) in [4.78, 5) is 44.3. The summed E-state index contributed by atoms with van der Waals surface area (Å²) >= 11 is 0. The van der Waals surface area contributed by atoms with Crippen molar-refractivity contribution in [1.82, 2.24) is 18.7 Å². The molecule has 33 heavy (non-hydrogen) atoms. The lowest BCUT2D eigenvalue weighted by Gasteiger charge is -2.15. The minimum Gasteiger partial charge on any atom is -0.317 e. The molecule has 0 atom stereocenters. The Hall–Kier alpha value is -3.74. The Bertz CT molecular complexity index is 1440. The number of benzene rings is 2. The Morgan fingerprint density at radius 3 is 2.36 bits per heavy atom. The quantitative estimate of drug-likeness (QED) is 0.405. The maximum absolute atomic E-state index is 13.5. The number of carbonyl (C=O) groups is 1. The van der Waals surface area contributed by atoms with Crippen molar-refractivity contribution in [2.45, 2.75) is 47.2 Å². The molecule has 0 saturated carbocycles. The molecule has 2 aromatic heterocycles. The molecular weight excluding hydrogens is 416 g/mol. The highest BCUT2D eigenvalue weighted by atomic mass is 16.2. The van der Waals surface area contributed by atoms with Gasteiger partial charge in [-0.05, 0) is 37.8 Å². The Labute approximate surface area is 191 Å². The maximum Gasteiger partial charge on any atom is 0.337 e. The van der Waals surface area contributed by atoms with Gasteiger partial charge in [-0.2, -0.15) is 0 Å². The molecule has 0 aliphatic carbocycles. The van der Waals surface area contributed by atoms with Gasteiger partial charge in [0.2, 0.25) is 0 Å². The number of para-hydroxylation sites is 1. The zero-order valence-corrected chi connectivity index (χ0v) is 19.4. The first kappa shape index (κ1) is 22.5. The molecule has 0 unspecified atom stereocenters. The number of ketones is 1. The molecule has 0 fully saturated rings. The van der Waals surface area contributed by atoms with Gasteiger partial charge < -0.3 is 4.57 Å². The molecule has 0 N–H and O–H groups in total. The molecule has 0 radical (unpaired) electrons. The molecule has 7 nitrogen and oxygen atoms in total. The van der Waals surface area contributed by atoms with E-state index in [-0.39, 0.29) is 23.5 Å². The van der Waals surface area contributed by atoms with Gasteiger partial charge in [0.25, 0.3) is 5.56 Å². The number of nitrogens with zero attached hydrogens (tertiary/aromatic N) is 4. The summed E-state index contributed by atoms with van der Waals surface area (Å²) in [7, 11) is 0. The van der Waals surface area contributed by atoms with E-state index in [0.717, 1.165) is 11.1 Å². The smallest absolute Gasteiger partial charge is 0.317 e. The number of carbonyl (C=O) groups excluding carboxylic acids is 1. The third-order valence-electron chi connectivity index (χ3n) is 5.87. The maximum atomic E-state index is 13.5. The fourth-order valence-electron chi connectivity index (χ4n) is 3.90. The summed E-state index contributed by atoms with van der Waals surface area (Å²) in [6.45, 7) is 8.23. The molecule has 2 aromatic carbocycles. The summed E-state index contributed by atoms with van der Waals surface area (Å²) < 4.78 is 4.31. The van der Waals surface area contributed by atoms with Gasteiger partial charge in [0.1, 0.15) is 0 Å². The molecule has 0 spiro atoms. The van der Waals surface area contributed by atoms with Crippen molar-refractivity contribution in [3.8, 4) is 5.69 Å². The monoisotopic (exact) mass is 444 g/mol. The van der Waals surface area contributed by atoms with Crippen molar-refractivity contribution >= 4 is 16.9 Å². The SMILES string of the molecule is Cc1ccc(C(=O)Cn2cnc3c2c(=O)n(CCC(C)C)c(=O)n3-c2ccccc2C)cc1. The molecule has 0 bridgehead atoms. The van der Waals surface area contributed by atoms with Crippen molar-refractivity contribution in [2.75, 3.05) is 0 Å². The minimum absolute atomic E-state index is 0.0367. The van der Waals surface area contributed by atoms with Crippen molar-refractivity contribution in [1.29, 1.82) is 0 Å². The molecular formula is C26H28N4O3. The standard InChI is InChI=1S/C26H28N4O3/c1-17(2)13-14-29-25(32)23-24(30(26(29)33)21-8-6-5-7-19(21)4)27-16-28(23)15-22(31)20-11-9-18(3)10-12-20/h5-12,16-17H,13-15H2,1-4H3. The number of aromatic nitrogens is 4. The molecule has 0 aliphatic rings. The minimum atomic E-state index is -0.422. The van der Waals surface area contributed by atoms with E-state index in [1.54, 1.807) is 16.7 Å². The number of aryl methyl sites for hydroxylation is 2. The van der Waals surface area contributed by atoms with Gasteiger partial charge in [-0.1, -0.05) is 61.9 Å². The normalized spacial score (nSPS) is 11.4. The number of rotatable bonds is 7. The van der Waals surface area contributed by atoms with Crippen LogP contribution in [0.1, 0.15) is 41.8 Å². The number of fused-ring (bicyclic) bond motifs is 1. The third-order valence-corrected chi connectivity index (χ3v) is 5.87. The molecule has 7 heteroatoms. The zero-order chi connectivity index (χ0) is 23.7. The molecule has 4 aromatic rings. The Kier molecular flexibility index (Phi) is 6.14. The van der Waals surface area contributed by atoms with E-state index in [4.69, 9.17) is 0 Å². The molecule has 0 aliphatic heterocycles. The zero-order valence-electron chi connectivity index (χ0n) is 19.4. The van der Waals surface area contributed by atoms with Gasteiger partial charge >= 0.3 is 5.69 Å². The van der Waals surface area contributed by atoms with Crippen LogP contribution < -0.4 is 11.2 Å². The highest BCUT2D eigenvalue weighted by molar-refractivity contribution is 5.96. The summed E-state index contributed by atoms with van der Waals surface area (Å²) in [5.41, 5.74) is 2.86. The van der Waals surface area contributed by atoms with Crippen molar-refractivity contribution in [3.05, 3.63) is 92.4 Å². The topological polar surface area (TPSA) is 78.9 Å². The van der Waals surface area contributed by atoms with Crippen LogP contribution in [0.4, 0.5) is 0 Å². The van der Waals surface area contributed by atoms with Crippen LogP contribution in [0.2, 0.25) is 0 Å². The molecule has 4 rings (SSSR count). The van der Waals surface area contributed by atoms with Crippen molar-refractivity contribution < 1.29 is 4.79 Å². The summed E-state index contributed by atoms with van der Waals surface area (Å²) in [5, 5.41) is 0. The fraction of sp³-hybridized carbons (Fsp3) is 0.308.